The lowest BCUT2D eigenvalue weighted by atomic mass is 10.2. The largest absolute Gasteiger partial charge is 0.331 e. The number of amides is 1. The fourth-order valence-electron chi connectivity index (χ4n) is 2.93. The van der Waals surface area contributed by atoms with Crippen LogP contribution in [-0.4, -0.2) is 15.5 Å². The monoisotopic (exact) mass is 373 g/mol. The SMILES string of the molecule is Cc1nc2cc(C(=O)Nc3ccccc3Sc3ccccc3)ccc2n1C. The normalized spacial score (nSPS) is 10.9. The number of hydrogen-bond donors (Lipinski definition) is 1. The Bertz CT molecular complexity index is 1120. The predicted molar refractivity (Wildman–Crippen MR) is 110 cm³/mol. The zero-order chi connectivity index (χ0) is 18.8. The van der Waals surface area contributed by atoms with E-state index in [1.54, 1.807) is 11.8 Å². The summed E-state index contributed by atoms with van der Waals surface area (Å²) in [5.74, 6) is 0.786. The first-order valence-corrected chi connectivity index (χ1v) is 9.50. The summed E-state index contributed by atoms with van der Waals surface area (Å²) in [4.78, 5) is 19.4. The summed E-state index contributed by atoms with van der Waals surface area (Å²) in [6, 6.07) is 23.6. The first-order chi connectivity index (χ1) is 13.1. The third kappa shape index (κ3) is 3.59. The number of nitrogens with one attached hydrogen (secondary N) is 1. The Morgan fingerprint density at radius 2 is 1.74 bits per heavy atom. The van der Waals surface area contributed by atoms with E-state index in [1.807, 2.05) is 79.2 Å². The molecule has 0 saturated heterocycles. The highest BCUT2D eigenvalue weighted by Gasteiger charge is 2.12. The highest BCUT2D eigenvalue weighted by atomic mass is 32.2. The summed E-state index contributed by atoms with van der Waals surface area (Å²) < 4.78 is 2.02. The average molecular weight is 373 g/mol. The van der Waals surface area contributed by atoms with Crippen LogP contribution in [0.25, 0.3) is 11.0 Å². The number of para-hydroxylation sites is 1. The molecule has 1 heterocycles. The van der Waals surface area contributed by atoms with Gasteiger partial charge in [0.25, 0.3) is 5.91 Å². The van der Waals surface area contributed by atoms with Gasteiger partial charge in [0.15, 0.2) is 0 Å². The zero-order valence-corrected chi connectivity index (χ0v) is 16.0. The van der Waals surface area contributed by atoms with Gasteiger partial charge in [-0.15, -0.1) is 0 Å². The quantitative estimate of drug-likeness (QED) is 0.529. The van der Waals surface area contributed by atoms with Gasteiger partial charge in [0.2, 0.25) is 0 Å². The molecule has 0 aliphatic carbocycles. The molecule has 0 bridgehead atoms. The Morgan fingerprint density at radius 3 is 2.56 bits per heavy atom. The maximum Gasteiger partial charge on any atom is 0.255 e. The van der Waals surface area contributed by atoms with Crippen LogP contribution in [0.4, 0.5) is 5.69 Å². The zero-order valence-electron chi connectivity index (χ0n) is 15.1. The lowest BCUT2D eigenvalue weighted by Gasteiger charge is -2.11. The number of hydrogen-bond acceptors (Lipinski definition) is 3. The van der Waals surface area contributed by atoms with Crippen molar-refractivity contribution >= 4 is 34.4 Å². The third-order valence-electron chi connectivity index (χ3n) is 4.47. The number of nitrogens with zero attached hydrogens (tertiary/aromatic N) is 2. The number of fused-ring (bicyclic) bond motifs is 1. The van der Waals surface area contributed by atoms with Crippen LogP contribution in [0.2, 0.25) is 0 Å². The van der Waals surface area contributed by atoms with E-state index in [2.05, 4.69) is 22.4 Å². The van der Waals surface area contributed by atoms with Gasteiger partial charge in [-0.2, -0.15) is 0 Å². The molecule has 4 rings (SSSR count). The van der Waals surface area contributed by atoms with E-state index in [1.165, 1.54) is 0 Å². The van der Waals surface area contributed by atoms with E-state index in [0.717, 1.165) is 32.3 Å². The maximum atomic E-state index is 12.8. The van der Waals surface area contributed by atoms with Gasteiger partial charge in [-0.3, -0.25) is 4.79 Å². The minimum atomic E-state index is -0.138. The molecule has 4 aromatic rings. The molecule has 5 heteroatoms. The van der Waals surface area contributed by atoms with Crippen LogP contribution in [-0.2, 0) is 7.05 Å². The van der Waals surface area contributed by atoms with Crippen LogP contribution in [0.1, 0.15) is 16.2 Å². The number of rotatable bonds is 4. The van der Waals surface area contributed by atoms with Gasteiger partial charge in [-0.25, -0.2) is 4.98 Å². The second kappa shape index (κ2) is 7.29. The molecule has 0 radical (unpaired) electrons. The van der Waals surface area contributed by atoms with E-state index in [0.29, 0.717) is 5.56 Å². The Labute approximate surface area is 162 Å². The standard InChI is InChI=1S/C22H19N3OS/c1-15-23-19-14-16(12-13-20(19)25(15)2)22(26)24-18-10-6-7-11-21(18)27-17-8-4-3-5-9-17/h3-14H,1-2H3,(H,24,26). The Morgan fingerprint density at radius 1 is 1.00 bits per heavy atom. The first-order valence-electron chi connectivity index (χ1n) is 8.68. The second-order valence-corrected chi connectivity index (χ2v) is 7.40. The van der Waals surface area contributed by atoms with E-state index in [9.17, 15) is 4.79 Å². The van der Waals surface area contributed by atoms with Crippen molar-refractivity contribution in [1.29, 1.82) is 0 Å². The average Bonchev–Trinajstić information content (AvgIpc) is 2.97. The van der Waals surface area contributed by atoms with Gasteiger partial charge in [0.05, 0.1) is 16.7 Å². The summed E-state index contributed by atoms with van der Waals surface area (Å²) in [5, 5.41) is 3.04. The van der Waals surface area contributed by atoms with Crippen molar-refractivity contribution < 1.29 is 4.79 Å². The van der Waals surface area contributed by atoms with Gasteiger partial charge < -0.3 is 9.88 Å². The molecule has 0 aliphatic rings. The molecule has 1 aromatic heterocycles. The number of imidazole rings is 1. The van der Waals surface area contributed by atoms with E-state index >= 15 is 0 Å². The van der Waals surface area contributed by atoms with Crippen LogP contribution < -0.4 is 5.32 Å². The number of aryl methyl sites for hydroxylation is 2. The van der Waals surface area contributed by atoms with Crippen molar-refractivity contribution in [3.05, 3.63) is 84.2 Å². The number of carbonyl (C=O) groups excluding carboxylic acids is 1. The van der Waals surface area contributed by atoms with Gasteiger partial charge in [-0.05, 0) is 49.4 Å². The maximum absolute atomic E-state index is 12.8. The highest BCUT2D eigenvalue weighted by molar-refractivity contribution is 7.99. The minimum Gasteiger partial charge on any atom is -0.331 e. The van der Waals surface area contributed by atoms with Crippen LogP contribution in [0.15, 0.2) is 82.6 Å². The number of carbonyl (C=O) groups is 1. The van der Waals surface area contributed by atoms with E-state index < -0.39 is 0 Å². The summed E-state index contributed by atoms with van der Waals surface area (Å²) >= 11 is 1.63. The lowest BCUT2D eigenvalue weighted by Crippen LogP contribution is -2.12. The smallest absolute Gasteiger partial charge is 0.255 e. The Kier molecular flexibility index (Phi) is 4.69. The minimum absolute atomic E-state index is 0.138. The van der Waals surface area contributed by atoms with Crippen molar-refractivity contribution in [1.82, 2.24) is 9.55 Å². The topological polar surface area (TPSA) is 46.9 Å². The molecule has 27 heavy (non-hydrogen) atoms. The van der Waals surface area contributed by atoms with Gasteiger partial charge in [0, 0.05) is 22.4 Å². The van der Waals surface area contributed by atoms with Crippen molar-refractivity contribution in [2.75, 3.05) is 5.32 Å². The first kappa shape index (κ1) is 17.4. The number of anilines is 1. The molecule has 0 aliphatic heterocycles. The lowest BCUT2D eigenvalue weighted by molar-refractivity contribution is 0.102. The summed E-state index contributed by atoms with van der Waals surface area (Å²) in [6.45, 7) is 1.96. The molecular formula is C22H19N3OS. The summed E-state index contributed by atoms with van der Waals surface area (Å²) in [7, 11) is 1.97. The predicted octanol–water partition coefficient (Wildman–Crippen LogP) is 5.29. The summed E-state index contributed by atoms with van der Waals surface area (Å²) in [6.07, 6.45) is 0. The molecule has 4 nitrogen and oxygen atoms in total. The molecule has 3 aromatic carbocycles. The van der Waals surface area contributed by atoms with E-state index in [-0.39, 0.29) is 5.91 Å². The molecule has 0 atom stereocenters. The molecule has 1 amide bonds. The molecule has 0 fully saturated rings. The van der Waals surface area contributed by atoms with Gasteiger partial charge in [-0.1, -0.05) is 42.1 Å². The molecule has 134 valence electrons. The van der Waals surface area contributed by atoms with Crippen molar-refractivity contribution in [3.63, 3.8) is 0 Å². The fourth-order valence-corrected chi connectivity index (χ4v) is 3.85. The molecular weight excluding hydrogens is 354 g/mol. The molecule has 0 unspecified atom stereocenters. The number of benzene rings is 3. The molecule has 0 saturated carbocycles. The van der Waals surface area contributed by atoms with Crippen molar-refractivity contribution in [2.24, 2.45) is 7.05 Å². The Balaban J connectivity index is 1.60. The number of aromatic nitrogens is 2. The van der Waals surface area contributed by atoms with Gasteiger partial charge in [0.1, 0.15) is 5.82 Å². The molecule has 0 spiro atoms. The van der Waals surface area contributed by atoms with Crippen LogP contribution in [0.5, 0.6) is 0 Å². The van der Waals surface area contributed by atoms with Crippen molar-refractivity contribution in [2.45, 2.75) is 16.7 Å². The van der Waals surface area contributed by atoms with Crippen molar-refractivity contribution in [3.8, 4) is 0 Å². The summed E-state index contributed by atoms with van der Waals surface area (Å²) in [5.41, 5.74) is 3.24. The van der Waals surface area contributed by atoms with Crippen LogP contribution in [0.3, 0.4) is 0 Å². The Hall–Kier alpha value is -3.05. The second-order valence-electron chi connectivity index (χ2n) is 6.29. The molecule has 1 N–H and O–H groups in total. The highest BCUT2D eigenvalue weighted by Crippen LogP contribution is 2.33. The van der Waals surface area contributed by atoms with Crippen LogP contribution >= 0.6 is 11.8 Å². The third-order valence-corrected chi connectivity index (χ3v) is 5.56. The fraction of sp³-hybridized carbons (Fsp3) is 0.0909. The van der Waals surface area contributed by atoms with Gasteiger partial charge >= 0.3 is 0 Å². The van der Waals surface area contributed by atoms with E-state index in [4.69, 9.17) is 0 Å². The van der Waals surface area contributed by atoms with Crippen LogP contribution in [0, 0.1) is 6.92 Å².